The highest BCUT2D eigenvalue weighted by atomic mass is 16.5. The number of benzene rings is 1. The van der Waals surface area contributed by atoms with Crippen molar-refractivity contribution in [3.05, 3.63) is 35.9 Å². The average Bonchev–Trinajstić information content (AvgIpc) is 3.31. The molecular formula is C12H12N10O2. The zero-order valence-electron chi connectivity index (χ0n) is 12.8. The van der Waals surface area contributed by atoms with Gasteiger partial charge in [0.2, 0.25) is 0 Å². The van der Waals surface area contributed by atoms with Crippen molar-refractivity contribution in [1.82, 2.24) is 40.6 Å². The van der Waals surface area contributed by atoms with Crippen molar-refractivity contribution >= 4 is 12.4 Å². The Labute approximate surface area is 135 Å². The van der Waals surface area contributed by atoms with Gasteiger partial charge in [0.1, 0.15) is 11.5 Å². The summed E-state index contributed by atoms with van der Waals surface area (Å²) in [6.45, 7) is 0. The highest BCUT2D eigenvalue weighted by Gasteiger charge is 2.09. The highest BCUT2D eigenvalue weighted by Crippen LogP contribution is 2.26. The third-order valence-corrected chi connectivity index (χ3v) is 2.89. The molecule has 1 aromatic carbocycles. The van der Waals surface area contributed by atoms with E-state index in [1.807, 2.05) is 0 Å². The number of hydrogen-bond donors (Lipinski definition) is 0. The van der Waals surface area contributed by atoms with Crippen molar-refractivity contribution < 1.29 is 9.47 Å². The Hall–Kier alpha value is -3.70. The van der Waals surface area contributed by atoms with Gasteiger partial charge in [-0.3, -0.25) is 0 Å². The first kappa shape index (κ1) is 15.2. The molecule has 0 amide bonds. The molecule has 0 aliphatic carbocycles. The van der Waals surface area contributed by atoms with E-state index in [9.17, 15) is 0 Å². The van der Waals surface area contributed by atoms with Crippen LogP contribution in [0.4, 0.5) is 0 Å². The molecule has 12 heteroatoms. The summed E-state index contributed by atoms with van der Waals surface area (Å²) in [5, 5.41) is 29.5. The molecule has 0 unspecified atom stereocenters. The highest BCUT2D eigenvalue weighted by molar-refractivity contribution is 5.90. The molecule has 122 valence electrons. The number of hydrogen-bond acceptors (Lipinski definition) is 10. The van der Waals surface area contributed by atoms with E-state index in [0.29, 0.717) is 22.6 Å². The largest absolute Gasteiger partial charge is 0.496 e. The van der Waals surface area contributed by atoms with Crippen LogP contribution >= 0.6 is 0 Å². The fraction of sp³-hybridized carbons (Fsp3) is 0.167. The molecule has 2 aromatic heterocycles. The van der Waals surface area contributed by atoms with E-state index in [0.717, 1.165) is 0 Å². The van der Waals surface area contributed by atoms with E-state index in [1.54, 1.807) is 38.8 Å². The molecule has 0 radical (unpaired) electrons. The quantitative estimate of drug-likeness (QED) is 0.550. The third kappa shape index (κ3) is 3.37. The second-order valence-electron chi connectivity index (χ2n) is 4.29. The number of methoxy groups -OCH3 is 2. The molecule has 3 aromatic rings. The maximum absolute atomic E-state index is 5.38. The van der Waals surface area contributed by atoms with Crippen molar-refractivity contribution in [3.63, 3.8) is 0 Å². The lowest BCUT2D eigenvalue weighted by Crippen LogP contribution is -2.00. The van der Waals surface area contributed by atoms with Crippen LogP contribution in [-0.4, -0.2) is 67.3 Å². The Balaban J connectivity index is 1.93. The second-order valence-corrected chi connectivity index (χ2v) is 4.29. The lowest BCUT2D eigenvalue weighted by molar-refractivity contribution is 0.402. The van der Waals surface area contributed by atoms with Gasteiger partial charge in [0, 0.05) is 11.1 Å². The maximum Gasteiger partial charge on any atom is 0.164 e. The van der Waals surface area contributed by atoms with Crippen molar-refractivity contribution in [3.8, 4) is 11.5 Å². The van der Waals surface area contributed by atoms with Crippen LogP contribution in [0.2, 0.25) is 0 Å². The molecule has 0 aliphatic heterocycles. The summed E-state index contributed by atoms with van der Waals surface area (Å²) >= 11 is 0. The first-order valence-electron chi connectivity index (χ1n) is 6.61. The summed E-state index contributed by atoms with van der Waals surface area (Å²) in [6.07, 6.45) is 5.85. The van der Waals surface area contributed by atoms with Gasteiger partial charge < -0.3 is 9.47 Å². The summed E-state index contributed by atoms with van der Waals surface area (Å²) in [5.74, 6) is 1.15. The molecule has 2 heterocycles. The predicted molar refractivity (Wildman–Crippen MR) is 81.2 cm³/mol. The van der Waals surface area contributed by atoms with Crippen LogP contribution < -0.4 is 9.47 Å². The second kappa shape index (κ2) is 7.04. The van der Waals surface area contributed by atoms with E-state index in [-0.39, 0.29) is 0 Å². The van der Waals surface area contributed by atoms with E-state index in [4.69, 9.17) is 9.47 Å². The van der Waals surface area contributed by atoms with Crippen molar-refractivity contribution in [2.75, 3.05) is 14.2 Å². The third-order valence-electron chi connectivity index (χ3n) is 2.89. The number of rotatable bonds is 6. The van der Waals surface area contributed by atoms with Crippen LogP contribution in [0.25, 0.3) is 0 Å². The van der Waals surface area contributed by atoms with E-state index < -0.39 is 0 Å². The Morgan fingerprint density at radius 1 is 0.833 bits per heavy atom. The molecule has 3 rings (SSSR count). The Kier molecular flexibility index (Phi) is 4.46. The molecule has 12 nitrogen and oxygen atoms in total. The van der Waals surface area contributed by atoms with Crippen molar-refractivity contribution in [2.24, 2.45) is 10.2 Å². The van der Waals surface area contributed by atoms with Crippen molar-refractivity contribution in [2.45, 2.75) is 0 Å². The van der Waals surface area contributed by atoms with E-state index in [2.05, 4.69) is 41.3 Å². The van der Waals surface area contributed by atoms with Gasteiger partial charge in [-0.25, -0.2) is 0 Å². The summed E-state index contributed by atoms with van der Waals surface area (Å²) in [5.41, 5.74) is 1.37. The monoisotopic (exact) mass is 328 g/mol. The normalized spacial score (nSPS) is 11.4. The fourth-order valence-electron chi connectivity index (χ4n) is 1.81. The molecule has 0 saturated carbocycles. The van der Waals surface area contributed by atoms with Gasteiger partial charge in [0.05, 0.1) is 26.6 Å². The molecule has 0 spiro atoms. The first-order valence-corrected chi connectivity index (χ1v) is 6.61. The minimum absolute atomic E-state index is 0.575. The van der Waals surface area contributed by atoms with Gasteiger partial charge in [0.15, 0.2) is 12.7 Å². The minimum Gasteiger partial charge on any atom is -0.496 e. The summed E-state index contributed by atoms with van der Waals surface area (Å²) in [4.78, 5) is 2.44. The smallest absolute Gasteiger partial charge is 0.164 e. The Morgan fingerprint density at radius 2 is 1.29 bits per heavy atom. The van der Waals surface area contributed by atoms with Crippen LogP contribution in [0.15, 0.2) is 35.0 Å². The van der Waals surface area contributed by atoms with Gasteiger partial charge >= 0.3 is 0 Å². The Morgan fingerprint density at radius 3 is 1.62 bits per heavy atom. The molecule has 0 N–H and O–H groups in total. The van der Waals surface area contributed by atoms with E-state index in [1.165, 1.54) is 22.2 Å². The van der Waals surface area contributed by atoms with Crippen LogP contribution in [0.3, 0.4) is 0 Å². The molecule has 0 bridgehead atoms. The van der Waals surface area contributed by atoms with Gasteiger partial charge in [0.25, 0.3) is 0 Å². The van der Waals surface area contributed by atoms with E-state index >= 15 is 0 Å². The van der Waals surface area contributed by atoms with Crippen LogP contribution in [0.1, 0.15) is 11.1 Å². The fourth-order valence-corrected chi connectivity index (χ4v) is 1.81. The SMILES string of the molecule is COc1cc(C=Nn2cnnn2)c(OC)cc1C=Nn1cnnn1. The van der Waals surface area contributed by atoms with Crippen LogP contribution in [0, 0.1) is 0 Å². The standard InChI is InChI=1S/C12H12N10O2/c1-23-11-3-10(6-16-22-8-14-18-20-22)12(24-2)4-9(11)5-15-21-7-13-17-19-21/h3-8H,1-2H3. The number of nitrogens with zero attached hydrogens (tertiary/aromatic N) is 10. The average molecular weight is 328 g/mol. The zero-order valence-corrected chi connectivity index (χ0v) is 12.8. The lowest BCUT2D eigenvalue weighted by atomic mass is 10.1. The van der Waals surface area contributed by atoms with Gasteiger partial charge in [-0.05, 0) is 33.0 Å². The maximum atomic E-state index is 5.38. The first-order chi connectivity index (χ1) is 11.8. The van der Waals surface area contributed by atoms with Gasteiger partial charge in [-0.2, -0.15) is 10.2 Å². The lowest BCUT2D eigenvalue weighted by Gasteiger charge is -2.10. The summed E-state index contributed by atoms with van der Waals surface area (Å²) in [7, 11) is 3.11. The van der Waals surface area contributed by atoms with Gasteiger partial charge in [-0.1, -0.05) is 0 Å². The topological polar surface area (TPSA) is 130 Å². The molecule has 0 fully saturated rings. The van der Waals surface area contributed by atoms with Crippen molar-refractivity contribution in [1.29, 1.82) is 0 Å². The molecular weight excluding hydrogens is 316 g/mol. The minimum atomic E-state index is 0.575. The number of ether oxygens (including phenoxy) is 2. The van der Waals surface area contributed by atoms with Gasteiger partial charge in [-0.15, -0.1) is 19.8 Å². The predicted octanol–water partition coefficient (Wildman–Crippen LogP) is -0.559. The van der Waals surface area contributed by atoms with Crippen LogP contribution in [-0.2, 0) is 0 Å². The zero-order chi connectivity index (χ0) is 16.8. The summed E-state index contributed by atoms with van der Waals surface area (Å²) in [6, 6.07) is 3.52. The summed E-state index contributed by atoms with van der Waals surface area (Å²) < 4.78 is 10.8. The number of aromatic nitrogens is 8. The Bertz CT molecular complexity index is 769. The molecule has 0 atom stereocenters. The molecule has 0 saturated heterocycles. The molecule has 24 heavy (non-hydrogen) atoms. The molecule has 0 aliphatic rings. The number of tetrazole rings is 2. The van der Waals surface area contributed by atoms with Crippen LogP contribution in [0.5, 0.6) is 11.5 Å².